The maximum Gasteiger partial charge on any atom is 0.215 e. The van der Waals surface area contributed by atoms with Crippen LogP contribution in [-0.2, 0) is 10.0 Å². The van der Waals surface area contributed by atoms with Crippen LogP contribution in [0.25, 0.3) is 0 Å². The maximum atomic E-state index is 12.3. The number of sulfonamides is 1. The first-order chi connectivity index (χ1) is 8.47. The molecule has 0 amide bonds. The van der Waals surface area contributed by atoms with E-state index in [9.17, 15) is 8.42 Å². The van der Waals surface area contributed by atoms with Crippen LogP contribution in [0.1, 0.15) is 52.9 Å². The Labute approximate surface area is 112 Å². The lowest BCUT2D eigenvalue weighted by Gasteiger charge is -2.32. The highest BCUT2D eigenvalue weighted by molar-refractivity contribution is 7.89. The summed E-state index contributed by atoms with van der Waals surface area (Å²) in [6.45, 7) is 7.16. The zero-order valence-electron chi connectivity index (χ0n) is 12.0. The van der Waals surface area contributed by atoms with Gasteiger partial charge in [0.05, 0.1) is 5.75 Å². The van der Waals surface area contributed by atoms with Crippen molar-refractivity contribution in [3.63, 3.8) is 0 Å². The lowest BCUT2D eigenvalue weighted by Crippen LogP contribution is -2.44. The Bertz CT molecular complexity index is 322. The second kappa shape index (κ2) is 7.46. The van der Waals surface area contributed by atoms with Crippen LogP contribution in [0.2, 0.25) is 0 Å². The molecular formula is C13H28N2O2S. The summed E-state index contributed by atoms with van der Waals surface area (Å²) < 4.78 is 26.4. The van der Waals surface area contributed by atoms with Gasteiger partial charge >= 0.3 is 0 Å². The van der Waals surface area contributed by atoms with Crippen molar-refractivity contribution in [3.8, 4) is 0 Å². The normalized spacial score (nSPS) is 18.7. The SMILES string of the molecule is CCN(C1CCCCC1)S(=O)(=O)CCNC(C)C. The summed E-state index contributed by atoms with van der Waals surface area (Å²) >= 11 is 0. The Balaban J connectivity index is 2.55. The molecule has 0 heterocycles. The van der Waals surface area contributed by atoms with Gasteiger partial charge in [-0.1, -0.05) is 40.0 Å². The number of hydrogen-bond acceptors (Lipinski definition) is 3. The van der Waals surface area contributed by atoms with Crippen LogP contribution in [0.5, 0.6) is 0 Å². The van der Waals surface area contributed by atoms with E-state index >= 15 is 0 Å². The zero-order valence-corrected chi connectivity index (χ0v) is 12.8. The zero-order chi connectivity index (χ0) is 13.6. The molecule has 0 unspecified atom stereocenters. The topological polar surface area (TPSA) is 49.4 Å². The molecule has 18 heavy (non-hydrogen) atoms. The lowest BCUT2D eigenvalue weighted by atomic mass is 9.95. The van der Waals surface area contributed by atoms with Crippen LogP contribution in [0, 0.1) is 0 Å². The van der Waals surface area contributed by atoms with Gasteiger partial charge in [-0.25, -0.2) is 8.42 Å². The molecule has 0 radical (unpaired) electrons. The molecule has 1 saturated carbocycles. The van der Waals surface area contributed by atoms with Gasteiger partial charge in [0.1, 0.15) is 0 Å². The summed E-state index contributed by atoms with van der Waals surface area (Å²) in [5, 5.41) is 3.18. The Morgan fingerprint density at radius 3 is 2.33 bits per heavy atom. The van der Waals surface area contributed by atoms with Crippen molar-refractivity contribution in [2.45, 2.75) is 65.0 Å². The highest BCUT2D eigenvalue weighted by Crippen LogP contribution is 2.24. The minimum atomic E-state index is -3.10. The molecule has 1 rings (SSSR count). The molecule has 0 saturated heterocycles. The highest BCUT2D eigenvalue weighted by Gasteiger charge is 2.29. The summed E-state index contributed by atoms with van der Waals surface area (Å²) in [5.74, 6) is 0.218. The minimum absolute atomic E-state index is 0.218. The van der Waals surface area contributed by atoms with Crippen molar-refractivity contribution < 1.29 is 8.42 Å². The molecule has 0 spiro atoms. The van der Waals surface area contributed by atoms with Crippen molar-refractivity contribution in [1.29, 1.82) is 0 Å². The number of hydrogen-bond donors (Lipinski definition) is 1. The average Bonchev–Trinajstić information content (AvgIpc) is 2.30. The van der Waals surface area contributed by atoms with Gasteiger partial charge in [-0.3, -0.25) is 0 Å². The summed E-state index contributed by atoms with van der Waals surface area (Å²) in [5.41, 5.74) is 0. The van der Waals surface area contributed by atoms with Crippen LogP contribution in [0.3, 0.4) is 0 Å². The lowest BCUT2D eigenvalue weighted by molar-refractivity contribution is 0.261. The second-order valence-electron chi connectivity index (χ2n) is 5.42. The van der Waals surface area contributed by atoms with E-state index in [2.05, 4.69) is 5.32 Å². The largest absolute Gasteiger partial charge is 0.313 e. The predicted octanol–water partition coefficient (Wildman–Crippen LogP) is 1.97. The summed E-state index contributed by atoms with van der Waals surface area (Å²) in [4.78, 5) is 0. The van der Waals surface area contributed by atoms with E-state index in [0.29, 0.717) is 19.1 Å². The summed E-state index contributed by atoms with van der Waals surface area (Å²) in [6, 6.07) is 0.581. The standard InChI is InChI=1S/C13H28N2O2S/c1-4-15(13-8-6-5-7-9-13)18(16,17)11-10-14-12(2)3/h12-14H,4-11H2,1-3H3. The minimum Gasteiger partial charge on any atom is -0.313 e. The van der Waals surface area contributed by atoms with Gasteiger partial charge in [0.2, 0.25) is 10.0 Å². The monoisotopic (exact) mass is 276 g/mol. The van der Waals surface area contributed by atoms with Crippen LogP contribution in [0.4, 0.5) is 0 Å². The number of nitrogens with one attached hydrogen (secondary N) is 1. The molecule has 4 nitrogen and oxygen atoms in total. The molecule has 0 aromatic rings. The van der Waals surface area contributed by atoms with Crippen LogP contribution >= 0.6 is 0 Å². The number of nitrogens with zero attached hydrogens (tertiary/aromatic N) is 1. The first-order valence-corrected chi connectivity index (χ1v) is 8.81. The van der Waals surface area contributed by atoms with Gasteiger partial charge < -0.3 is 5.32 Å². The first kappa shape index (κ1) is 15.9. The third-order valence-corrected chi connectivity index (χ3v) is 5.55. The van der Waals surface area contributed by atoms with Crippen molar-refractivity contribution in [2.24, 2.45) is 0 Å². The Morgan fingerprint density at radius 2 is 1.83 bits per heavy atom. The van der Waals surface area contributed by atoms with Crippen LogP contribution < -0.4 is 5.32 Å². The fourth-order valence-corrected chi connectivity index (χ4v) is 4.31. The van der Waals surface area contributed by atoms with Crippen LogP contribution in [0.15, 0.2) is 0 Å². The van der Waals surface area contributed by atoms with E-state index in [4.69, 9.17) is 0 Å². The molecule has 1 aliphatic rings. The first-order valence-electron chi connectivity index (χ1n) is 7.20. The van der Waals surface area contributed by atoms with E-state index in [-0.39, 0.29) is 11.8 Å². The Hall–Kier alpha value is -0.130. The van der Waals surface area contributed by atoms with E-state index in [0.717, 1.165) is 12.8 Å². The highest BCUT2D eigenvalue weighted by atomic mass is 32.2. The van der Waals surface area contributed by atoms with Crippen molar-refractivity contribution in [1.82, 2.24) is 9.62 Å². The molecule has 1 N–H and O–H groups in total. The summed E-state index contributed by atoms with van der Waals surface area (Å²) in [7, 11) is -3.10. The fourth-order valence-electron chi connectivity index (χ4n) is 2.64. The fraction of sp³-hybridized carbons (Fsp3) is 1.00. The molecule has 5 heteroatoms. The molecule has 0 aromatic carbocycles. The average molecular weight is 276 g/mol. The predicted molar refractivity (Wildman–Crippen MR) is 76.2 cm³/mol. The maximum absolute atomic E-state index is 12.3. The number of rotatable bonds is 7. The van der Waals surface area contributed by atoms with Gasteiger partial charge in [-0.2, -0.15) is 4.31 Å². The molecule has 0 aliphatic heterocycles. The molecule has 1 aliphatic carbocycles. The molecule has 1 fully saturated rings. The molecular weight excluding hydrogens is 248 g/mol. The van der Waals surface area contributed by atoms with E-state index in [1.807, 2.05) is 20.8 Å². The Kier molecular flexibility index (Phi) is 6.60. The summed E-state index contributed by atoms with van der Waals surface area (Å²) in [6.07, 6.45) is 5.65. The molecule has 0 bridgehead atoms. The molecule has 0 atom stereocenters. The van der Waals surface area contributed by atoms with Gasteiger partial charge in [-0.15, -0.1) is 0 Å². The van der Waals surface area contributed by atoms with Gasteiger partial charge in [0, 0.05) is 25.2 Å². The van der Waals surface area contributed by atoms with E-state index < -0.39 is 10.0 Å². The van der Waals surface area contributed by atoms with Gasteiger partial charge in [-0.05, 0) is 12.8 Å². The van der Waals surface area contributed by atoms with Crippen molar-refractivity contribution >= 4 is 10.0 Å². The third kappa shape index (κ3) is 4.86. The van der Waals surface area contributed by atoms with E-state index in [1.54, 1.807) is 4.31 Å². The Morgan fingerprint density at radius 1 is 1.22 bits per heavy atom. The van der Waals surface area contributed by atoms with Gasteiger partial charge in [0.15, 0.2) is 0 Å². The smallest absolute Gasteiger partial charge is 0.215 e. The van der Waals surface area contributed by atoms with Crippen LogP contribution in [-0.4, -0.2) is 43.6 Å². The van der Waals surface area contributed by atoms with Crippen molar-refractivity contribution in [3.05, 3.63) is 0 Å². The second-order valence-corrected chi connectivity index (χ2v) is 7.46. The van der Waals surface area contributed by atoms with Crippen molar-refractivity contribution in [2.75, 3.05) is 18.8 Å². The van der Waals surface area contributed by atoms with E-state index in [1.165, 1.54) is 19.3 Å². The van der Waals surface area contributed by atoms with Gasteiger partial charge in [0.25, 0.3) is 0 Å². The third-order valence-electron chi connectivity index (χ3n) is 3.56. The molecule has 108 valence electrons. The molecule has 0 aromatic heterocycles. The quantitative estimate of drug-likeness (QED) is 0.773.